The second-order valence-electron chi connectivity index (χ2n) is 6.40. The zero-order chi connectivity index (χ0) is 18.9. The maximum absolute atomic E-state index is 12.3. The quantitative estimate of drug-likeness (QED) is 0.323. The summed E-state index contributed by atoms with van der Waals surface area (Å²) in [5.41, 5.74) is 0. The molecule has 0 saturated carbocycles. The summed E-state index contributed by atoms with van der Waals surface area (Å²) in [7, 11) is 3.09. The third kappa shape index (κ3) is 10.4. The van der Waals surface area contributed by atoms with E-state index in [0.717, 1.165) is 31.9 Å². The molecule has 0 atom stereocenters. The Kier molecular flexibility index (Phi) is 12.2. The number of nitrogens with one attached hydrogen (secondary N) is 2. The van der Waals surface area contributed by atoms with Gasteiger partial charge in [0.05, 0.1) is 13.1 Å². The number of guanidine groups is 1. The number of likely N-dealkylation sites (tertiary alicyclic amines) is 1. The summed E-state index contributed by atoms with van der Waals surface area (Å²) in [6, 6.07) is 0. The first-order valence-corrected chi connectivity index (χ1v) is 8.74. The van der Waals surface area contributed by atoms with E-state index in [1.54, 1.807) is 7.05 Å². The minimum Gasteiger partial charge on any atom is -0.359 e. The van der Waals surface area contributed by atoms with Crippen LogP contribution in [0.15, 0.2) is 4.99 Å². The highest BCUT2D eigenvalue weighted by Crippen LogP contribution is 2.20. The molecule has 154 valence electrons. The van der Waals surface area contributed by atoms with Crippen LogP contribution >= 0.6 is 24.0 Å². The molecule has 26 heavy (non-hydrogen) atoms. The van der Waals surface area contributed by atoms with Crippen molar-refractivity contribution in [2.24, 2.45) is 10.9 Å². The van der Waals surface area contributed by atoms with Gasteiger partial charge in [-0.1, -0.05) is 0 Å². The summed E-state index contributed by atoms with van der Waals surface area (Å²) in [6.07, 6.45) is -1.83. The fourth-order valence-corrected chi connectivity index (χ4v) is 2.85. The van der Waals surface area contributed by atoms with Gasteiger partial charge in [-0.3, -0.25) is 14.7 Å². The van der Waals surface area contributed by atoms with Gasteiger partial charge in [0, 0.05) is 39.6 Å². The van der Waals surface area contributed by atoms with Crippen LogP contribution in [-0.4, -0.2) is 81.2 Å². The lowest BCUT2D eigenvalue weighted by atomic mass is 9.93. The number of carbonyl (C=O) groups excluding carboxylic acids is 1. The lowest BCUT2D eigenvalue weighted by molar-refractivity contribution is -0.142. The molecule has 0 aromatic rings. The molecule has 1 saturated heterocycles. The summed E-state index contributed by atoms with van der Waals surface area (Å²) in [4.78, 5) is 19.3. The van der Waals surface area contributed by atoms with Crippen LogP contribution in [0.3, 0.4) is 0 Å². The van der Waals surface area contributed by atoms with Gasteiger partial charge in [-0.2, -0.15) is 13.2 Å². The number of amides is 1. The van der Waals surface area contributed by atoms with Crippen LogP contribution in [0.4, 0.5) is 13.2 Å². The second-order valence-corrected chi connectivity index (χ2v) is 6.40. The monoisotopic (exact) mass is 493 g/mol. The Morgan fingerprint density at radius 2 is 1.92 bits per heavy atom. The summed E-state index contributed by atoms with van der Waals surface area (Å²) in [5, 5.41) is 5.84. The summed E-state index contributed by atoms with van der Waals surface area (Å²) in [6.45, 7) is 3.90. The predicted molar refractivity (Wildman–Crippen MR) is 108 cm³/mol. The van der Waals surface area contributed by atoms with Crippen LogP contribution in [0.1, 0.15) is 26.2 Å². The zero-order valence-corrected chi connectivity index (χ0v) is 18.1. The van der Waals surface area contributed by atoms with E-state index in [-0.39, 0.29) is 36.4 Å². The lowest BCUT2D eigenvalue weighted by Gasteiger charge is -2.34. The fourth-order valence-electron chi connectivity index (χ4n) is 2.85. The largest absolute Gasteiger partial charge is 0.401 e. The van der Waals surface area contributed by atoms with Crippen LogP contribution in [0.5, 0.6) is 0 Å². The number of nitrogens with zero attached hydrogens (tertiary/aromatic N) is 3. The van der Waals surface area contributed by atoms with Crippen molar-refractivity contribution in [2.75, 3.05) is 53.4 Å². The molecule has 0 bridgehead atoms. The Hall–Kier alpha value is -0.780. The number of hydrogen-bond donors (Lipinski definition) is 2. The lowest BCUT2D eigenvalue weighted by Crippen LogP contribution is -2.46. The van der Waals surface area contributed by atoms with Crippen LogP contribution < -0.4 is 10.6 Å². The van der Waals surface area contributed by atoms with E-state index in [0.29, 0.717) is 25.4 Å². The number of carbonyl (C=O) groups is 1. The number of likely N-dealkylation sites (N-methyl/N-ethyl adjacent to an activating group) is 1. The van der Waals surface area contributed by atoms with Gasteiger partial charge in [0.15, 0.2) is 5.96 Å². The molecule has 6 nitrogen and oxygen atoms in total. The molecular formula is C16H31F3IN5O. The van der Waals surface area contributed by atoms with Gasteiger partial charge in [-0.25, -0.2) is 0 Å². The van der Waals surface area contributed by atoms with Crippen LogP contribution in [0.25, 0.3) is 0 Å². The van der Waals surface area contributed by atoms with E-state index in [1.165, 1.54) is 11.9 Å². The van der Waals surface area contributed by atoms with E-state index in [4.69, 9.17) is 0 Å². The Bertz CT molecular complexity index is 440. The summed E-state index contributed by atoms with van der Waals surface area (Å²) in [5.74, 6) is 1.17. The third-order valence-electron chi connectivity index (χ3n) is 4.19. The average molecular weight is 493 g/mol. The van der Waals surface area contributed by atoms with Gasteiger partial charge in [0.1, 0.15) is 0 Å². The van der Waals surface area contributed by atoms with Crippen molar-refractivity contribution in [2.45, 2.75) is 32.4 Å². The maximum atomic E-state index is 12.3. The SMILES string of the molecule is CCNC(=NCCN(C)CC(F)(F)F)N1CCC(CC(=O)NC)CC1.I. The van der Waals surface area contributed by atoms with Crippen molar-refractivity contribution in [1.82, 2.24) is 20.4 Å². The number of alkyl halides is 3. The molecule has 0 spiro atoms. The number of aliphatic imine (C=N–C) groups is 1. The zero-order valence-electron chi connectivity index (χ0n) is 15.7. The van der Waals surface area contributed by atoms with Crippen LogP contribution in [0.2, 0.25) is 0 Å². The van der Waals surface area contributed by atoms with Crippen LogP contribution in [0, 0.1) is 5.92 Å². The molecule has 0 unspecified atom stereocenters. The molecule has 1 amide bonds. The van der Waals surface area contributed by atoms with E-state index < -0.39 is 12.7 Å². The van der Waals surface area contributed by atoms with Crippen molar-refractivity contribution < 1.29 is 18.0 Å². The Morgan fingerprint density at radius 3 is 2.42 bits per heavy atom. The molecule has 10 heteroatoms. The van der Waals surface area contributed by atoms with E-state index in [1.807, 2.05) is 6.92 Å². The molecule has 0 aromatic carbocycles. The van der Waals surface area contributed by atoms with E-state index >= 15 is 0 Å². The van der Waals surface area contributed by atoms with Gasteiger partial charge >= 0.3 is 6.18 Å². The van der Waals surface area contributed by atoms with Crippen molar-refractivity contribution >= 4 is 35.8 Å². The number of rotatable bonds is 7. The van der Waals surface area contributed by atoms with Crippen molar-refractivity contribution in [3.05, 3.63) is 0 Å². The predicted octanol–water partition coefficient (Wildman–Crippen LogP) is 1.91. The van der Waals surface area contributed by atoms with Gasteiger partial charge in [-0.05, 0) is 32.7 Å². The molecule has 1 rings (SSSR count). The van der Waals surface area contributed by atoms with Gasteiger partial charge in [0.2, 0.25) is 5.91 Å². The minimum atomic E-state index is -4.18. The number of piperidine rings is 1. The van der Waals surface area contributed by atoms with Gasteiger partial charge < -0.3 is 15.5 Å². The smallest absolute Gasteiger partial charge is 0.359 e. The fraction of sp³-hybridized carbons (Fsp3) is 0.875. The summed E-state index contributed by atoms with van der Waals surface area (Å²) >= 11 is 0. The second kappa shape index (κ2) is 12.6. The van der Waals surface area contributed by atoms with Crippen molar-refractivity contribution in [3.63, 3.8) is 0 Å². The highest BCUT2D eigenvalue weighted by Gasteiger charge is 2.29. The number of halogens is 4. The summed E-state index contributed by atoms with van der Waals surface area (Å²) < 4.78 is 37.0. The molecule has 0 radical (unpaired) electrons. The Balaban J connectivity index is 0.00000625. The van der Waals surface area contributed by atoms with Crippen LogP contribution in [-0.2, 0) is 4.79 Å². The normalized spacial score (nSPS) is 16.4. The first-order valence-electron chi connectivity index (χ1n) is 8.74. The van der Waals surface area contributed by atoms with E-state index in [2.05, 4.69) is 20.5 Å². The molecule has 0 aliphatic carbocycles. The Morgan fingerprint density at radius 1 is 1.31 bits per heavy atom. The Labute approximate surface area is 171 Å². The van der Waals surface area contributed by atoms with Crippen molar-refractivity contribution in [1.29, 1.82) is 0 Å². The highest BCUT2D eigenvalue weighted by atomic mass is 127. The third-order valence-corrected chi connectivity index (χ3v) is 4.19. The van der Waals surface area contributed by atoms with Gasteiger partial charge in [-0.15, -0.1) is 24.0 Å². The number of hydrogen-bond acceptors (Lipinski definition) is 3. The van der Waals surface area contributed by atoms with Crippen molar-refractivity contribution in [3.8, 4) is 0 Å². The molecule has 2 N–H and O–H groups in total. The first-order chi connectivity index (χ1) is 11.7. The van der Waals surface area contributed by atoms with Gasteiger partial charge in [0.25, 0.3) is 0 Å². The first kappa shape index (κ1) is 25.2. The molecule has 1 aliphatic heterocycles. The van der Waals surface area contributed by atoms with E-state index in [9.17, 15) is 18.0 Å². The average Bonchev–Trinajstić information content (AvgIpc) is 2.53. The molecule has 1 heterocycles. The molecule has 0 aromatic heterocycles. The standard InChI is InChI=1S/C16H30F3N5O.HI/c1-4-21-15(22-7-10-23(3)12-16(17,18)19)24-8-5-13(6-9-24)11-14(25)20-2;/h13H,4-12H2,1-3H3,(H,20,25)(H,21,22);1H. The highest BCUT2D eigenvalue weighted by molar-refractivity contribution is 14.0. The molecule has 1 aliphatic rings. The maximum Gasteiger partial charge on any atom is 0.401 e. The minimum absolute atomic E-state index is 0. The molecule has 1 fully saturated rings. The molecular weight excluding hydrogens is 462 g/mol. The topological polar surface area (TPSA) is 60.0 Å².